The van der Waals surface area contributed by atoms with Crippen molar-refractivity contribution in [1.29, 1.82) is 0 Å². The lowest BCUT2D eigenvalue weighted by atomic mass is 10.0. The summed E-state index contributed by atoms with van der Waals surface area (Å²) in [6, 6.07) is 9.37. The van der Waals surface area contributed by atoms with Gasteiger partial charge in [-0.3, -0.25) is 14.2 Å². The monoisotopic (exact) mass is 459 g/mol. The van der Waals surface area contributed by atoms with Crippen LogP contribution < -0.4 is 5.56 Å². The number of amides is 1. The number of rotatable bonds is 6. The minimum absolute atomic E-state index is 0.00714. The normalized spacial score (nSPS) is 17.8. The van der Waals surface area contributed by atoms with Crippen LogP contribution >= 0.6 is 11.3 Å². The fraction of sp³-hybridized carbons (Fsp3) is 0.409. The summed E-state index contributed by atoms with van der Waals surface area (Å²) >= 11 is 1.46. The predicted molar refractivity (Wildman–Crippen MR) is 123 cm³/mol. The highest BCUT2D eigenvalue weighted by molar-refractivity contribution is 7.91. The van der Waals surface area contributed by atoms with Gasteiger partial charge in [-0.1, -0.05) is 37.3 Å². The van der Waals surface area contributed by atoms with Crippen molar-refractivity contribution >= 4 is 37.3 Å². The van der Waals surface area contributed by atoms with Crippen LogP contribution in [0.1, 0.15) is 24.6 Å². The Labute approximate surface area is 185 Å². The fourth-order valence-electron chi connectivity index (χ4n) is 4.21. The number of thiophene rings is 1. The maximum absolute atomic E-state index is 13.3. The van der Waals surface area contributed by atoms with Crippen molar-refractivity contribution in [1.82, 2.24) is 14.5 Å². The maximum atomic E-state index is 13.3. The van der Waals surface area contributed by atoms with E-state index in [0.29, 0.717) is 23.2 Å². The minimum atomic E-state index is -3.11. The first-order chi connectivity index (χ1) is 14.8. The van der Waals surface area contributed by atoms with Gasteiger partial charge in [-0.25, -0.2) is 13.4 Å². The summed E-state index contributed by atoms with van der Waals surface area (Å²) in [6.07, 6.45) is 2.58. The number of aromatic nitrogens is 2. The molecule has 1 saturated heterocycles. The molecule has 1 aliphatic heterocycles. The lowest BCUT2D eigenvalue weighted by Crippen LogP contribution is -2.44. The molecule has 0 aliphatic carbocycles. The van der Waals surface area contributed by atoms with Gasteiger partial charge in [0.1, 0.15) is 11.4 Å². The van der Waals surface area contributed by atoms with Gasteiger partial charge in [0.05, 0.1) is 23.2 Å². The summed E-state index contributed by atoms with van der Waals surface area (Å²) in [4.78, 5) is 34.1. The Morgan fingerprint density at radius 2 is 2.03 bits per heavy atom. The second-order valence-electron chi connectivity index (χ2n) is 7.90. The van der Waals surface area contributed by atoms with E-state index in [2.05, 4.69) is 4.98 Å². The third kappa shape index (κ3) is 4.29. The van der Waals surface area contributed by atoms with Crippen LogP contribution in [0.3, 0.4) is 0 Å². The molecule has 1 amide bonds. The number of benzene rings is 1. The molecule has 3 heterocycles. The zero-order valence-corrected chi connectivity index (χ0v) is 19.2. The molecule has 31 heavy (non-hydrogen) atoms. The van der Waals surface area contributed by atoms with E-state index in [1.807, 2.05) is 44.2 Å². The van der Waals surface area contributed by atoms with Gasteiger partial charge in [0, 0.05) is 23.0 Å². The van der Waals surface area contributed by atoms with Crippen molar-refractivity contribution in [2.24, 2.45) is 0 Å². The van der Waals surface area contributed by atoms with E-state index in [9.17, 15) is 18.0 Å². The smallest absolute Gasteiger partial charge is 0.263 e. The van der Waals surface area contributed by atoms with Gasteiger partial charge in [0.15, 0.2) is 9.84 Å². The maximum Gasteiger partial charge on any atom is 0.263 e. The van der Waals surface area contributed by atoms with Crippen molar-refractivity contribution in [3.8, 4) is 11.1 Å². The fourth-order valence-corrected chi connectivity index (χ4v) is 6.95. The summed E-state index contributed by atoms with van der Waals surface area (Å²) in [5.41, 5.74) is 1.54. The Morgan fingerprint density at radius 3 is 2.68 bits per heavy atom. The van der Waals surface area contributed by atoms with E-state index in [1.165, 1.54) is 22.2 Å². The lowest BCUT2D eigenvalue weighted by molar-refractivity contribution is -0.133. The van der Waals surface area contributed by atoms with Crippen molar-refractivity contribution < 1.29 is 13.2 Å². The molecule has 3 aromatic rings. The number of aryl methyl sites for hydroxylation is 1. The van der Waals surface area contributed by atoms with Crippen LogP contribution in [0.15, 0.2) is 41.5 Å². The molecule has 7 nitrogen and oxygen atoms in total. The van der Waals surface area contributed by atoms with Crippen molar-refractivity contribution in [2.75, 3.05) is 18.1 Å². The van der Waals surface area contributed by atoms with E-state index < -0.39 is 9.84 Å². The van der Waals surface area contributed by atoms with Gasteiger partial charge < -0.3 is 4.90 Å². The van der Waals surface area contributed by atoms with E-state index in [-0.39, 0.29) is 35.6 Å². The molecule has 1 aromatic carbocycles. The molecule has 9 heteroatoms. The Morgan fingerprint density at radius 1 is 1.29 bits per heavy atom. The molecule has 1 aliphatic rings. The van der Waals surface area contributed by atoms with Gasteiger partial charge in [-0.05, 0) is 25.3 Å². The van der Waals surface area contributed by atoms with Crippen LogP contribution in [0.5, 0.6) is 0 Å². The van der Waals surface area contributed by atoms with Crippen LogP contribution in [0, 0.1) is 6.92 Å². The first-order valence-electron chi connectivity index (χ1n) is 10.3. The predicted octanol–water partition coefficient (Wildman–Crippen LogP) is 2.86. The highest BCUT2D eigenvalue weighted by atomic mass is 32.2. The van der Waals surface area contributed by atoms with Crippen LogP contribution in [-0.4, -0.2) is 52.9 Å². The largest absolute Gasteiger partial charge is 0.337 e. The average molecular weight is 460 g/mol. The molecule has 1 atom stereocenters. The summed E-state index contributed by atoms with van der Waals surface area (Å²) in [7, 11) is -3.11. The van der Waals surface area contributed by atoms with Crippen LogP contribution in [0.25, 0.3) is 21.3 Å². The summed E-state index contributed by atoms with van der Waals surface area (Å²) in [5.74, 6) is -0.152. The van der Waals surface area contributed by atoms with Crippen molar-refractivity contribution in [3.63, 3.8) is 0 Å². The van der Waals surface area contributed by atoms with E-state index in [0.717, 1.165) is 22.4 Å². The Kier molecular flexibility index (Phi) is 5.98. The zero-order chi connectivity index (χ0) is 22.2. The molecule has 164 valence electrons. The Hall–Kier alpha value is -2.52. The molecule has 4 rings (SSSR count). The Balaban J connectivity index is 1.69. The number of carbonyl (C=O) groups excluding carboxylic acids is 1. The van der Waals surface area contributed by atoms with Crippen LogP contribution in [0.2, 0.25) is 0 Å². The number of carbonyl (C=O) groups is 1. The van der Waals surface area contributed by atoms with E-state index >= 15 is 0 Å². The first-order valence-corrected chi connectivity index (χ1v) is 13.0. The number of fused-ring (bicyclic) bond motifs is 1. The molecule has 1 unspecified atom stereocenters. The third-order valence-electron chi connectivity index (χ3n) is 5.66. The molecule has 1 fully saturated rings. The summed E-state index contributed by atoms with van der Waals surface area (Å²) in [6.45, 7) is 4.23. The molecular formula is C22H25N3O4S2. The van der Waals surface area contributed by atoms with Crippen molar-refractivity contribution in [2.45, 2.75) is 39.3 Å². The number of hydrogen-bond acceptors (Lipinski definition) is 6. The SMILES string of the molecule is CCCN(C(=O)Cn1cnc2sc(C)c(-c3ccccc3)c2c1=O)C1CCS(=O)(=O)C1. The summed E-state index contributed by atoms with van der Waals surface area (Å²) in [5, 5.41) is 0.523. The molecule has 2 aromatic heterocycles. The number of hydrogen-bond donors (Lipinski definition) is 0. The third-order valence-corrected chi connectivity index (χ3v) is 8.42. The molecule has 0 saturated carbocycles. The molecule has 0 spiro atoms. The standard InChI is InChI=1S/C22H25N3O4S2/c1-3-10-25(17-9-11-31(28,29)13-17)18(26)12-24-14-23-21-20(22(24)27)19(15(2)30-21)16-7-5-4-6-8-16/h4-8,14,17H,3,9-13H2,1-2H3. The summed E-state index contributed by atoms with van der Waals surface area (Å²) < 4.78 is 25.1. The van der Waals surface area contributed by atoms with Gasteiger partial charge in [0.25, 0.3) is 5.56 Å². The lowest BCUT2D eigenvalue weighted by Gasteiger charge is -2.28. The second-order valence-corrected chi connectivity index (χ2v) is 11.3. The molecule has 0 radical (unpaired) electrons. The highest BCUT2D eigenvalue weighted by Gasteiger charge is 2.34. The molecule has 0 N–H and O–H groups in total. The van der Waals surface area contributed by atoms with E-state index in [4.69, 9.17) is 0 Å². The second kappa shape index (κ2) is 8.55. The Bertz CT molecular complexity index is 1280. The molecule has 0 bridgehead atoms. The number of nitrogens with zero attached hydrogens (tertiary/aromatic N) is 3. The average Bonchev–Trinajstić information content (AvgIpc) is 3.27. The quantitative estimate of drug-likeness (QED) is 0.566. The van der Waals surface area contributed by atoms with Gasteiger partial charge in [-0.15, -0.1) is 11.3 Å². The van der Waals surface area contributed by atoms with Crippen LogP contribution in [0.4, 0.5) is 0 Å². The zero-order valence-electron chi connectivity index (χ0n) is 17.6. The van der Waals surface area contributed by atoms with Crippen molar-refractivity contribution in [3.05, 3.63) is 51.9 Å². The topological polar surface area (TPSA) is 89.3 Å². The molecular weight excluding hydrogens is 434 g/mol. The van der Waals surface area contributed by atoms with Crippen LogP contribution in [-0.2, 0) is 21.2 Å². The van der Waals surface area contributed by atoms with Gasteiger partial charge in [-0.2, -0.15) is 0 Å². The minimum Gasteiger partial charge on any atom is -0.337 e. The first kappa shape index (κ1) is 21.7. The highest BCUT2D eigenvalue weighted by Crippen LogP contribution is 2.35. The van der Waals surface area contributed by atoms with E-state index in [1.54, 1.807) is 4.90 Å². The number of sulfone groups is 1. The van der Waals surface area contributed by atoms with Gasteiger partial charge in [0.2, 0.25) is 5.91 Å². The van der Waals surface area contributed by atoms with Gasteiger partial charge >= 0.3 is 0 Å².